The Morgan fingerprint density at radius 1 is 0.893 bits per heavy atom. The predicted molar refractivity (Wildman–Crippen MR) is 113 cm³/mol. The zero-order valence-corrected chi connectivity index (χ0v) is 16.9. The van der Waals surface area contributed by atoms with Gasteiger partial charge in [0.1, 0.15) is 0 Å². The first-order chi connectivity index (χ1) is 13.6. The van der Waals surface area contributed by atoms with E-state index < -0.39 is 0 Å². The second kappa shape index (κ2) is 7.08. The molecule has 0 atom stereocenters. The third-order valence-corrected chi connectivity index (χ3v) is 5.13. The Balaban J connectivity index is 2.13. The fourth-order valence-electron chi connectivity index (χ4n) is 3.95. The third kappa shape index (κ3) is 2.66. The van der Waals surface area contributed by atoms with E-state index >= 15 is 0 Å². The quantitative estimate of drug-likeness (QED) is 0.480. The number of aryl methyl sites for hydroxylation is 2. The number of nitrogens with zero attached hydrogens (tertiary/aromatic N) is 2. The number of methoxy groups -OCH3 is 3. The van der Waals surface area contributed by atoms with E-state index in [0.29, 0.717) is 17.2 Å². The van der Waals surface area contributed by atoms with Gasteiger partial charge < -0.3 is 18.8 Å². The smallest absolute Gasteiger partial charge is 0.203 e. The van der Waals surface area contributed by atoms with E-state index in [9.17, 15) is 0 Å². The van der Waals surface area contributed by atoms with Crippen molar-refractivity contribution >= 4 is 21.8 Å². The van der Waals surface area contributed by atoms with Crippen molar-refractivity contribution in [3.05, 3.63) is 48.2 Å². The number of ether oxygens (including phenoxy) is 3. The van der Waals surface area contributed by atoms with E-state index in [1.807, 2.05) is 19.1 Å². The minimum absolute atomic E-state index is 0.577. The number of hydrogen-bond acceptors (Lipinski definition) is 4. The first kappa shape index (κ1) is 18.2. The van der Waals surface area contributed by atoms with E-state index in [1.165, 1.54) is 16.3 Å². The van der Waals surface area contributed by atoms with Gasteiger partial charge in [-0.3, -0.25) is 4.98 Å². The van der Waals surface area contributed by atoms with Crippen LogP contribution in [0.3, 0.4) is 0 Å². The highest BCUT2D eigenvalue weighted by molar-refractivity contribution is 6.12. The molecule has 0 amide bonds. The number of aromatic nitrogens is 2. The molecule has 2 aromatic carbocycles. The van der Waals surface area contributed by atoms with E-state index in [4.69, 9.17) is 19.2 Å². The maximum absolute atomic E-state index is 5.56. The summed E-state index contributed by atoms with van der Waals surface area (Å²) < 4.78 is 18.9. The molecule has 5 heteroatoms. The molecule has 0 saturated heterocycles. The van der Waals surface area contributed by atoms with Crippen molar-refractivity contribution in [2.45, 2.75) is 20.4 Å². The SMILES string of the molecule is CCn1c2ccccc2c2cc(C)nc(-c3cc(OC)c(OC)c(OC)c3)c21. The van der Waals surface area contributed by atoms with E-state index in [1.54, 1.807) is 21.3 Å². The number of pyridine rings is 1. The summed E-state index contributed by atoms with van der Waals surface area (Å²) in [4.78, 5) is 4.91. The van der Waals surface area contributed by atoms with E-state index in [-0.39, 0.29) is 0 Å². The zero-order valence-electron chi connectivity index (χ0n) is 16.9. The van der Waals surface area contributed by atoms with Crippen LogP contribution in [-0.4, -0.2) is 30.9 Å². The zero-order chi connectivity index (χ0) is 19.8. The van der Waals surface area contributed by atoms with Crippen LogP contribution >= 0.6 is 0 Å². The van der Waals surface area contributed by atoms with Gasteiger partial charge in [0.25, 0.3) is 0 Å². The largest absolute Gasteiger partial charge is 0.493 e. The predicted octanol–water partition coefficient (Wildman–Crippen LogP) is 5.21. The molecule has 0 bridgehead atoms. The normalized spacial score (nSPS) is 11.2. The molecule has 2 heterocycles. The lowest BCUT2D eigenvalue weighted by Gasteiger charge is -2.15. The first-order valence-corrected chi connectivity index (χ1v) is 9.31. The van der Waals surface area contributed by atoms with Gasteiger partial charge in [-0.15, -0.1) is 0 Å². The Morgan fingerprint density at radius 3 is 2.18 bits per heavy atom. The Hall–Kier alpha value is -3.21. The lowest BCUT2D eigenvalue weighted by molar-refractivity contribution is 0.324. The average Bonchev–Trinajstić information content (AvgIpc) is 3.05. The topological polar surface area (TPSA) is 45.5 Å². The molecule has 4 aromatic rings. The van der Waals surface area contributed by atoms with Crippen LogP contribution in [0.2, 0.25) is 0 Å². The lowest BCUT2D eigenvalue weighted by atomic mass is 10.1. The van der Waals surface area contributed by atoms with Gasteiger partial charge in [0, 0.05) is 34.1 Å². The lowest BCUT2D eigenvalue weighted by Crippen LogP contribution is -2.00. The molecule has 0 radical (unpaired) electrons. The molecule has 0 aliphatic heterocycles. The van der Waals surface area contributed by atoms with Gasteiger partial charge in [-0.1, -0.05) is 18.2 Å². The molecule has 2 aromatic heterocycles. The van der Waals surface area contributed by atoms with Crippen LogP contribution in [0.25, 0.3) is 33.1 Å². The molecule has 0 aliphatic rings. The molecule has 4 rings (SSSR count). The van der Waals surface area contributed by atoms with Crippen molar-refractivity contribution in [2.75, 3.05) is 21.3 Å². The highest BCUT2D eigenvalue weighted by atomic mass is 16.5. The summed E-state index contributed by atoms with van der Waals surface area (Å²) in [5.41, 5.74) is 5.13. The Kier molecular flexibility index (Phi) is 4.59. The van der Waals surface area contributed by atoms with Gasteiger partial charge >= 0.3 is 0 Å². The van der Waals surface area contributed by atoms with Gasteiger partial charge in [0.05, 0.1) is 32.5 Å². The Labute approximate surface area is 164 Å². The monoisotopic (exact) mass is 376 g/mol. The minimum atomic E-state index is 0.577. The average molecular weight is 376 g/mol. The number of hydrogen-bond donors (Lipinski definition) is 0. The molecule has 0 N–H and O–H groups in total. The third-order valence-electron chi connectivity index (χ3n) is 5.13. The van der Waals surface area contributed by atoms with Gasteiger partial charge in [-0.2, -0.15) is 0 Å². The summed E-state index contributed by atoms with van der Waals surface area (Å²) in [5, 5.41) is 2.44. The van der Waals surface area contributed by atoms with Gasteiger partial charge in [-0.25, -0.2) is 0 Å². The summed E-state index contributed by atoms with van der Waals surface area (Å²) in [6.07, 6.45) is 0. The van der Waals surface area contributed by atoms with Crippen LogP contribution in [0.4, 0.5) is 0 Å². The summed E-state index contributed by atoms with van der Waals surface area (Å²) in [5.74, 6) is 1.81. The van der Waals surface area contributed by atoms with Crippen LogP contribution in [0.15, 0.2) is 42.5 Å². The minimum Gasteiger partial charge on any atom is -0.493 e. The number of fused-ring (bicyclic) bond motifs is 3. The molecule has 0 spiro atoms. The van der Waals surface area contributed by atoms with Crippen molar-refractivity contribution in [3.63, 3.8) is 0 Å². The van der Waals surface area contributed by atoms with E-state index in [2.05, 4.69) is 41.8 Å². The fourth-order valence-corrected chi connectivity index (χ4v) is 3.95. The van der Waals surface area contributed by atoms with Crippen molar-refractivity contribution in [1.82, 2.24) is 9.55 Å². The van der Waals surface area contributed by atoms with E-state index in [0.717, 1.165) is 29.0 Å². The van der Waals surface area contributed by atoms with Crippen molar-refractivity contribution in [1.29, 1.82) is 0 Å². The standard InChI is InChI=1S/C23H24N2O3/c1-6-25-18-10-8-7-9-16(18)17-11-14(2)24-21(22(17)25)15-12-19(26-3)23(28-5)20(13-15)27-4/h7-13H,6H2,1-5H3. The fraction of sp³-hybridized carbons (Fsp3) is 0.261. The van der Waals surface area contributed by atoms with Crippen molar-refractivity contribution in [3.8, 4) is 28.5 Å². The molecular formula is C23H24N2O3. The molecule has 5 nitrogen and oxygen atoms in total. The molecule has 0 aliphatic carbocycles. The van der Waals surface area contributed by atoms with Gasteiger partial charge in [-0.05, 0) is 38.1 Å². The molecule has 28 heavy (non-hydrogen) atoms. The Bertz CT molecular complexity index is 1150. The molecule has 0 saturated carbocycles. The van der Waals surface area contributed by atoms with Crippen LogP contribution in [-0.2, 0) is 6.54 Å². The number of para-hydroxylation sites is 1. The number of benzene rings is 2. The summed E-state index contributed by atoms with van der Waals surface area (Å²) in [6.45, 7) is 5.04. The molecule has 0 fully saturated rings. The second-order valence-corrected chi connectivity index (χ2v) is 6.68. The maximum Gasteiger partial charge on any atom is 0.203 e. The van der Waals surface area contributed by atoms with Crippen LogP contribution in [0, 0.1) is 6.92 Å². The summed E-state index contributed by atoms with van der Waals surface area (Å²) in [6, 6.07) is 14.6. The highest BCUT2D eigenvalue weighted by Crippen LogP contribution is 2.43. The van der Waals surface area contributed by atoms with Gasteiger partial charge in [0.15, 0.2) is 11.5 Å². The summed E-state index contributed by atoms with van der Waals surface area (Å²) in [7, 11) is 4.87. The van der Waals surface area contributed by atoms with Crippen molar-refractivity contribution < 1.29 is 14.2 Å². The molecular weight excluding hydrogens is 352 g/mol. The Morgan fingerprint density at radius 2 is 1.57 bits per heavy atom. The molecule has 144 valence electrons. The van der Waals surface area contributed by atoms with Crippen LogP contribution < -0.4 is 14.2 Å². The van der Waals surface area contributed by atoms with Crippen LogP contribution in [0.5, 0.6) is 17.2 Å². The highest BCUT2D eigenvalue weighted by Gasteiger charge is 2.20. The maximum atomic E-state index is 5.56. The van der Waals surface area contributed by atoms with Gasteiger partial charge in [0.2, 0.25) is 5.75 Å². The first-order valence-electron chi connectivity index (χ1n) is 9.31. The molecule has 0 unspecified atom stereocenters. The number of rotatable bonds is 5. The van der Waals surface area contributed by atoms with Crippen molar-refractivity contribution in [2.24, 2.45) is 0 Å². The van der Waals surface area contributed by atoms with Crippen LogP contribution in [0.1, 0.15) is 12.6 Å². The summed E-state index contributed by atoms with van der Waals surface area (Å²) >= 11 is 0. The second-order valence-electron chi connectivity index (χ2n) is 6.68.